The van der Waals surface area contributed by atoms with E-state index >= 15 is 0 Å². The van der Waals surface area contributed by atoms with Crippen LogP contribution < -0.4 is 10.5 Å². The van der Waals surface area contributed by atoms with Gasteiger partial charge in [-0.1, -0.05) is 36.4 Å². The molecule has 0 bridgehead atoms. The molecule has 1 heterocycles. The van der Waals surface area contributed by atoms with Gasteiger partial charge in [0.1, 0.15) is 5.75 Å². The average Bonchev–Trinajstić information content (AvgIpc) is 2.49. The molecule has 0 saturated heterocycles. The second-order valence-electron chi connectivity index (χ2n) is 4.75. The fourth-order valence-corrected chi connectivity index (χ4v) is 2.23. The van der Waals surface area contributed by atoms with Gasteiger partial charge in [-0.2, -0.15) is 0 Å². The van der Waals surface area contributed by atoms with E-state index in [-0.39, 0.29) is 0 Å². The van der Waals surface area contributed by atoms with E-state index in [2.05, 4.69) is 17.1 Å². The van der Waals surface area contributed by atoms with Crippen LogP contribution in [-0.4, -0.2) is 4.98 Å². The Balaban J connectivity index is 2.01. The van der Waals surface area contributed by atoms with Crippen LogP contribution >= 0.6 is 0 Å². The van der Waals surface area contributed by atoms with Crippen molar-refractivity contribution in [1.29, 1.82) is 0 Å². The Hall–Kier alpha value is -2.39. The van der Waals surface area contributed by atoms with Crippen LogP contribution in [-0.2, 0) is 6.54 Å². The molecule has 3 heteroatoms. The lowest BCUT2D eigenvalue weighted by Gasteiger charge is -2.10. The molecule has 0 unspecified atom stereocenters. The van der Waals surface area contributed by atoms with E-state index in [9.17, 15) is 0 Å². The first-order chi connectivity index (χ1) is 9.78. The third-order valence-electron chi connectivity index (χ3n) is 3.28. The Labute approximate surface area is 118 Å². The Morgan fingerprint density at radius 3 is 2.70 bits per heavy atom. The van der Waals surface area contributed by atoms with Crippen LogP contribution in [0.5, 0.6) is 11.6 Å². The highest BCUT2D eigenvalue weighted by Crippen LogP contribution is 2.30. The molecule has 0 amide bonds. The molecule has 0 radical (unpaired) electrons. The van der Waals surface area contributed by atoms with Gasteiger partial charge in [-0.05, 0) is 30.0 Å². The van der Waals surface area contributed by atoms with Crippen molar-refractivity contribution in [2.75, 3.05) is 0 Å². The first kappa shape index (κ1) is 12.6. The minimum atomic E-state index is 0.488. The summed E-state index contributed by atoms with van der Waals surface area (Å²) in [6, 6.07) is 16.2. The molecule has 20 heavy (non-hydrogen) atoms. The maximum absolute atomic E-state index is 5.97. The second kappa shape index (κ2) is 5.31. The van der Waals surface area contributed by atoms with Gasteiger partial charge in [-0.25, -0.2) is 4.98 Å². The minimum Gasteiger partial charge on any atom is -0.438 e. The molecule has 0 aliphatic heterocycles. The number of pyridine rings is 1. The molecule has 1 aromatic heterocycles. The van der Waals surface area contributed by atoms with Gasteiger partial charge in [-0.3, -0.25) is 0 Å². The van der Waals surface area contributed by atoms with E-state index in [4.69, 9.17) is 10.5 Å². The van der Waals surface area contributed by atoms with Gasteiger partial charge in [0.2, 0.25) is 5.88 Å². The maximum atomic E-state index is 5.97. The van der Waals surface area contributed by atoms with E-state index in [1.54, 1.807) is 6.20 Å². The normalized spacial score (nSPS) is 10.7. The fourth-order valence-electron chi connectivity index (χ4n) is 2.23. The van der Waals surface area contributed by atoms with Crippen LogP contribution in [0, 0.1) is 6.92 Å². The van der Waals surface area contributed by atoms with Crippen LogP contribution in [0.1, 0.15) is 11.1 Å². The summed E-state index contributed by atoms with van der Waals surface area (Å²) in [6.07, 6.45) is 1.76. The Morgan fingerprint density at radius 1 is 1.10 bits per heavy atom. The van der Waals surface area contributed by atoms with Crippen molar-refractivity contribution >= 4 is 10.8 Å². The lowest BCUT2D eigenvalue weighted by Crippen LogP contribution is -1.99. The highest BCUT2D eigenvalue weighted by molar-refractivity contribution is 5.88. The predicted molar refractivity (Wildman–Crippen MR) is 80.9 cm³/mol. The molecule has 0 atom stereocenters. The van der Waals surface area contributed by atoms with Gasteiger partial charge in [0, 0.05) is 23.7 Å². The highest BCUT2D eigenvalue weighted by atomic mass is 16.5. The number of nitrogens with two attached hydrogens (primary N) is 1. The summed E-state index contributed by atoms with van der Waals surface area (Å²) in [4.78, 5) is 4.35. The van der Waals surface area contributed by atoms with Gasteiger partial charge in [0.05, 0.1) is 0 Å². The summed E-state index contributed by atoms with van der Waals surface area (Å²) in [5.74, 6) is 1.44. The van der Waals surface area contributed by atoms with E-state index in [0.29, 0.717) is 12.4 Å². The quantitative estimate of drug-likeness (QED) is 0.782. The van der Waals surface area contributed by atoms with Crippen LogP contribution in [0.3, 0.4) is 0 Å². The van der Waals surface area contributed by atoms with Crippen molar-refractivity contribution in [2.24, 2.45) is 5.73 Å². The zero-order valence-corrected chi connectivity index (χ0v) is 11.3. The molecule has 0 saturated carbocycles. The van der Waals surface area contributed by atoms with Crippen LogP contribution in [0.4, 0.5) is 0 Å². The molecule has 0 aliphatic carbocycles. The van der Waals surface area contributed by atoms with Gasteiger partial charge in [-0.15, -0.1) is 0 Å². The Kier molecular flexibility index (Phi) is 3.35. The van der Waals surface area contributed by atoms with Gasteiger partial charge in [0.25, 0.3) is 0 Å². The topological polar surface area (TPSA) is 48.1 Å². The molecule has 100 valence electrons. The number of rotatable bonds is 3. The number of ether oxygens (including phenoxy) is 1. The number of aromatic nitrogens is 1. The highest BCUT2D eigenvalue weighted by Gasteiger charge is 2.07. The van der Waals surface area contributed by atoms with E-state index in [1.165, 1.54) is 0 Å². The van der Waals surface area contributed by atoms with Gasteiger partial charge in [0.15, 0.2) is 0 Å². The Morgan fingerprint density at radius 2 is 1.90 bits per heavy atom. The molecule has 2 aromatic carbocycles. The number of aryl methyl sites for hydroxylation is 1. The third kappa shape index (κ3) is 2.36. The lowest BCUT2D eigenvalue weighted by atomic mass is 10.1. The van der Waals surface area contributed by atoms with E-state index in [1.807, 2.05) is 43.3 Å². The first-order valence-electron chi connectivity index (χ1n) is 6.59. The summed E-state index contributed by atoms with van der Waals surface area (Å²) >= 11 is 0. The molecular weight excluding hydrogens is 248 g/mol. The van der Waals surface area contributed by atoms with Crippen molar-refractivity contribution in [3.05, 3.63) is 65.9 Å². The average molecular weight is 264 g/mol. The maximum Gasteiger partial charge on any atom is 0.222 e. The van der Waals surface area contributed by atoms with Crippen molar-refractivity contribution in [3.8, 4) is 11.6 Å². The zero-order valence-electron chi connectivity index (χ0n) is 11.3. The summed E-state index contributed by atoms with van der Waals surface area (Å²) in [5.41, 5.74) is 7.61. The number of benzene rings is 2. The number of hydrogen-bond donors (Lipinski definition) is 1. The Bertz CT molecular complexity index is 748. The SMILES string of the molecule is Cc1cc(CN)cnc1Oc1cccc2ccccc12. The number of hydrogen-bond acceptors (Lipinski definition) is 3. The van der Waals surface area contributed by atoms with Crippen LogP contribution in [0.25, 0.3) is 10.8 Å². The molecule has 3 rings (SSSR count). The zero-order chi connectivity index (χ0) is 13.9. The van der Waals surface area contributed by atoms with Gasteiger partial charge >= 0.3 is 0 Å². The molecule has 3 nitrogen and oxygen atoms in total. The second-order valence-corrected chi connectivity index (χ2v) is 4.75. The van der Waals surface area contributed by atoms with Crippen molar-refractivity contribution in [3.63, 3.8) is 0 Å². The largest absolute Gasteiger partial charge is 0.438 e. The summed E-state index contributed by atoms with van der Waals surface area (Å²) in [5, 5.41) is 2.24. The first-order valence-corrected chi connectivity index (χ1v) is 6.59. The summed E-state index contributed by atoms with van der Waals surface area (Å²) in [7, 11) is 0. The summed E-state index contributed by atoms with van der Waals surface area (Å²) < 4.78 is 5.97. The van der Waals surface area contributed by atoms with Crippen molar-refractivity contribution in [2.45, 2.75) is 13.5 Å². The van der Waals surface area contributed by atoms with Crippen LogP contribution in [0.15, 0.2) is 54.7 Å². The monoisotopic (exact) mass is 264 g/mol. The third-order valence-corrected chi connectivity index (χ3v) is 3.28. The molecule has 0 fully saturated rings. The van der Waals surface area contributed by atoms with E-state index < -0.39 is 0 Å². The predicted octanol–water partition coefficient (Wildman–Crippen LogP) is 3.79. The number of nitrogens with zero attached hydrogens (tertiary/aromatic N) is 1. The molecule has 2 N–H and O–H groups in total. The van der Waals surface area contributed by atoms with E-state index in [0.717, 1.165) is 27.6 Å². The van der Waals surface area contributed by atoms with Crippen molar-refractivity contribution in [1.82, 2.24) is 4.98 Å². The smallest absolute Gasteiger partial charge is 0.222 e. The minimum absolute atomic E-state index is 0.488. The number of fused-ring (bicyclic) bond motifs is 1. The molecule has 3 aromatic rings. The standard InChI is InChI=1S/C17H16N2O/c1-12-9-13(10-18)11-19-17(12)20-16-8-4-6-14-5-2-3-7-15(14)16/h2-9,11H,10,18H2,1H3. The molecule has 0 spiro atoms. The fraction of sp³-hybridized carbons (Fsp3) is 0.118. The lowest BCUT2D eigenvalue weighted by molar-refractivity contribution is 0.463. The van der Waals surface area contributed by atoms with Gasteiger partial charge < -0.3 is 10.5 Å². The summed E-state index contributed by atoms with van der Waals surface area (Å²) in [6.45, 7) is 2.47. The molecular formula is C17H16N2O. The molecule has 0 aliphatic rings. The van der Waals surface area contributed by atoms with Crippen molar-refractivity contribution < 1.29 is 4.74 Å². The van der Waals surface area contributed by atoms with Crippen LogP contribution in [0.2, 0.25) is 0 Å².